The fourth-order valence-electron chi connectivity index (χ4n) is 6.40. The lowest BCUT2D eigenvalue weighted by atomic mass is 10.00. The van der Waals surface area contributed by atoms with Crippen LogP contribution in [0.15, 0.2) is 48.7 Å². The van der Waals surface area contributed by atoms with Gasteiger partial charge in [0.25, 0.3) is 0 Å². The molecule has 5 rings (SSSR count). The van der Waals surface area contributed by atoms with Gasteiger partial charge in [0.1, 0.15) is 5.82 Å². The molecule has 0 unspecified atom stereocenters. The molecule has 4 N–H and O–H groups in total. The van der Waals surface area contributed by atoms with E-state index in [1.54, 1.807) is 12.1 Å². The van der Waals surface area contributed by atoms with Crippen LogP contribution in [-0.4, -0.2) is 77.9 Å². The van der Waals surface area contributed by atoms with Crippen molar-refractivity contribution < 1.29 is 18.7 Å². The van der Waals surface area contributed by atoms with Crippen LogP contribution < -0.4 is 21.3 Å². The zero-order chi connectivity index (χ0) is 36.2. The predicted octanol–water partition coefficient (Wildman–Crippen LogP) is 5.16. The van der Waals surface area contributed by atoms with Crippen molar-refractivity contribution in [1.29, 1.82) is 0 Å². The molecule has 0 atom stereocenters. The molecular weight excluding hydrogens is 647 g/mol. The van der Waals surface area contributed by atoms with E-state index < -0.39 is 0 Å². The van der Waals surface area contributed by atoms with Gasteiger partial charge in [-0.2, -0.15) is 5.10 Å². The lowest BCUT2D eigenvalue weighted by Gasteiger charge is -2.26. The van der Waals surface area contributed by atoms with E-state index in [1.807, 2.05) is 42.1 Å². The molecule has 2 aromatic carbocycles. The number of nitrogens with zero attached hydrogens (tertiary/aromatic N) is 4. The number of carbonyl (C=O) groups excluding carboxylic acids is 2. The summed E-state index contributed by atoms with van der Waals surface area (Å²) in [7, 11) is 4.12. The molecule has 51 heavy (non-hydrogen) atoms. The normalized spacial score (nSPS) is 13.5. The van der Waals surface area contributed by atoms with Crippen molar-refractivity contribution in [3.05, 3.63) is 76.9 Å². The maximum absolute atomic E-state index is 14.9. The fourth-order valence-corrected chi connectivity index (χ4v) is 6.40. The third-order valence-electron chi connectivity index (χ3n) is 9.26. The number of nitrogens with one attached hydrogen (secondary N) is 4. The van der Waals surface area contributed by atoms with Gasteiger partial charge in [0.15, 0.2) is 5.65 Å². The van der Waals surface area contributed by atoms with E-state index in [0.717, 1.165) is 77.0 Å². The smallest absolute Gasteiger partial charge is 0.220 e. The van der Waals surface area contributed by atoms with E-state index in [0.29, 0.717) is 44.8 Å². The van der Waals surface area contributed by atoms with E-state index in [4.69, 9.17) is 9.72 Å². The quantitative estimate of drug-likeness (QED) is 0.105. The minimum atomic E-state index is -0.316. The summed E-state index contributed by atoms with van der Waals surface area (Å²) >= 11 is 0. The van der Waals surface area contributed by atoms with Gasteiger partial charge in [0.05, 0.1) is 17.3 Å². The van der Waals surface area contributed by atoms with Crippen molar-refractivity contribution in [2.75, 3.05) is 45.7 Å². The molecule has 3 heterocycles. The van der Waals surface area contributed by atoms with E-state index in [-0.39, 0.29) is 43.1 Å². The number of hydrogen-bond acceptors (Lipinski definition) is 8. The Labute approximate surface area is 300 Å². The molecule has 2 amide bonds. The van der Waals surface area contributed by atoms with Crippen molar-refractivity contribution in [3.8, 4) is 11.1 Å². The van der Waals surface area contributed by atoms with E-state index in [2.05, 4.69) is 52.3 Å². The Morgan fingerprint density at radius 3 is 2.45 bits per heavy atom. The lowest BCUT2D eigenvalue weighted by molar-refractivity contribution is -0.126. The van der Waals surface area contributed by atoms with Gasteiger partial charge in [-0.1, -0.05) is 31.2 Å². The second-order valence-electron chi connectivity index (χ2n) is 13.4. The molecule has 1 aliphatic rings. The van der Waals surface area contributed by atoms with E-state index in [1.165, 1.54) is 6.07 Å². The molecule has 0 radical (unpaired) electrons. The average Bonchev–Trinajstić information content (AvgIpc) is 3.56. The highest BCUT2D eigenvalue weighted by atomic mass is 19.1. The zero-order valence-corrected chi connectivity index (χ0v) is 30.5. The molecule has 1 aliphatic heterocycles. The van der Waals surface area contributed by atoms with Crippen LogP contribution in [0.4, 0.5) is 10.1 Å². The van der Waals surface area contributed by atoms with Crippen LogP contribution in [0.1, 0.15) is 68.3 Å². The van der Waals surface area contributed by atoms with Gasteiger partial charge in [-0.15, -0.1) is 0 Å². The van der Waals surface area contributed by atoms with Crippen molar-refractivity contribution in [2.45, 2.75) is 84.6 Å². The van der Waals surface area contributed by atoms with Gasteiger partial charge in [-0.05, 0) is 94.7 Å². The second-order valence-corrected chi connectivity index (χ2v) is 13.4. The minimum Gasteiger partial charge on any atom is -0.381 e. The Morgan fingerprint density at radius 1 is 0.980 bits per heavy atom. The summed E-state index contributed by atoms with van der Waals surface area (Å²) in [6.45, 7) is 9.39. The van der Waals surface area contributed by atoms with Gasteiger partial charge >= 0.3 is 0 Å². The number of aryl methyl sites for hydroxylation is 2. The summed E-state index contributed by atoms with van der Waals surface area (Å²) in [6, 6.07) is 13.0. The van der Waals surface area contributed by atoms with Crippen molar-refractivity contribution >= 4 is 28.5 Å². The largest absolute Gasteiger partial charge is 0.381 e. The molecule has 1 fully saturated rings. The number of anilines is 1. The maximum atomic E-state index is 14.9. The Kier molecular flexibility index (Phi) is 13.9. The standard InChI is InChI=1S/C39H53FN8O3/c1-5-35-32(38(45-30-15-19-51-20-16-30)33-26-44-48(6-2)39(33)46-35)25-43-37(50)14-13-36(49)42-24-28-11-12-34(40)31(22-28)29-10-7-9-27(21-29)23-41-17-8-18-47(3)4/h7,9-12,21-22,26,30,41H,5-6,8,13-20,23-25H2,1-4H3,(H,42,49)(H,43,50)(H,45,46). The molecule has 0 spiro atoms. The summed E-state index contributed by atoms with van der Waals surface area (Å²) in [6.07, 6.45) is 5.48. The average molecular weight is 701 g/mol. The second kappa shape index (κ2) is 18.7. The first-order chi connectivity index (χ1) is 24.7. The predicted molar refractivity (Wildman–Crippen MR) is 200 cm³/mol. The molecule has 0 aliphatic carbocycles. The lowest BCUT2D eigenvalue weighted by Crippen LogP contribution is -2.30. The molecule has 0 saturated carbocycles. The number of benzene rings is 2. The number of hydrogen-bond donors (Lipinski definition) is 4. The van der Waals surface area contributed by atoms with Crippen LogP contribution in [0.5, 0.6) is 0 Å². The highest BCUT2D eigenvalue weighted by Crippen LogP contribution is 2.31. The van der Waals surface area contributed by atoms with E-state index >= 15 is 0 Å². The summed E-state index contributed by atoms with van der Waals surface area (Å²) < 4.78 is 22.4. The number of ether oxygens (including phenoxy) is 1. The third kappa shape index (κ3) is 10.6. The van der Waals surface area contributed by atoms with Gasteiger partial charge in [0, 0.05) is 75.1 Å². The minimum absolute atomic E-state index is 0.0395. The van der Waals surface area contributed by atoms with Crippen molar-refractivity contribution in [3.63, 3.8) is 0 Å². The van der Waals surface area contributed by atoms with Crippen LogP contribution in [-0.2, 0) is 46.9 Å². The van der Waals surface area contributed by atoms with Gasteiger partial charge in [-0.3, -0.25) is 9.59 Å². The number of halogens is 1. The number of fused-ring (bicyclic) bond motifs is 1. The number of rotatable bonds is 18. The first-order valence-electron chi connectivity index (χ1n) is 18.2. The van der Waals surface area contributed by atoms with Crippen LogP contribution in [0.25, 0.3) is 22.2 Å². The summed E-state index contributed by atoms with van der Waals surface area (Å²) in [5.74, 6) is -0.780. The van der Waals surface area contributed by atoms with Gasteiger partial charge in [-0.25, -0.2) is 14.1 Å². The number of carbonyl (C=O) groups is 2. The first-order valence-corrected chi connectivity index (χ1v) is 18.2. The molecule has 12 heteroatoms. The van der Waals surface area contributed by atoms with E-state index in [9.17, 15) is 14.0 Å². The Morgan fingerprint density at radius 2 is 1.73 bits per heavy atom. The fraction of sp³-hybridized carbons (Fsp3) is 0.487. The van der Waals surface area contributed by atoms with Crippen LogP contribution >= 0.6 is 0 Å². The maximum Gasteiger partial charge on any atom is 0.220 e. The number of aromatic nitrogens is 3. The first kappa shape index (κ1) is 37.9. The number of amides is 2. The van der Waals surface area contributed by atoms with Crippen molar-refractivity contribution in [1.82, 2.24) is 35.6 Å². The van der Waals surface area contributed by atoms with Gasteiger partial charge in [0.2, 0.25) is 11.8 Å². The Bertz CT molecular complexity index is 1770. The van der Waals surface area contributed by atoms with Crippen LogP contribution in [0.2, 0.25) is 0 Å². The molecular formula is C39H53FN8O3. The summed E-state index contributed by atoms with van der Waals surface area (Å²) in [5.41, 5.74) is 6.77. The molecule has 1 saturated heterocycles. The monoisotopic (exact) mass is 700 g/mol. The summed E-state index contributed by atoms with van der Waals surface area (Å²) in [5, 5.41) is 18.6. The third-order valence-corrected chi connectivity index (χ3v) is 9.26. The van der Waals surface area contributed by atoms with Crippen LogP contribution in [0.3, 0.4) is 0 Å². The van der Waals surface area contributed by atoms with Crippen LogP contribution in [0, 0.1) is 5.82 Å². The Hall–Kier alpha value is -4.39. The highest BCUT2D eigenvalue weighted by molar-refractivity contribution is 5.92. The molecule has 11 nitrogen and oxygen atoms in total. The zero-order valence-electron chi connectivity index (χ0n) is 30.5. The topological polar surface area (TPSA) is 125 Å². The molecule has 274 valence electrons. The molecule has 0 bridgehead atoms. The van der Waals surface area contributed by atoms with Gasteiger partial charge < -0.3 is 30.9 Å². The van der Waals surface area contributed by atoms with Crippen molar-refractivity contribution in [2.24, 2.45) is 0 Å². The summed E-state index contributed by atoms with van der Waals surface area (Å²) in [4.78, 5) is 32.9. The molecule has 4 aromatic rings. The SMILES string of the molecule is CCc1nc2c(cnn2CC)c(NC2CCOCC2)c1CNC(=O)CCC(=O)NCc1ccc(F)c(-c2cccc(CNCCCN(C)C)c2)c1. The number of pyridine rings is 1. The highest BCUT2D eigenvalue weighted by Gasteiger charge is 2.22. The molecule has 2 aromatic heterocycles. The Balaban J connectivity index is 1.15.